The normalized spacial score (nSPS) is 22.1. The van der Waals surface area contributed by atoms with E-state index in [0.29, 0.717) is 42.4 Å². The van der Waals surface area contributed by atoms with Gasteiger partial charge >= 0.3 is 5.97 Å². The van der Waals surface area contributed by atoms with Gasteiger partial charge in [0.25, 0.3) is 0 Å². The zero-order chi connectivity index (χ0) is 21.4. The van der Waals surface area contributed by atoms with Gasteiger partial charge in [-0.2, -0.15) is 0 Å². The van der Waals surface area contributed by atoms with Gasteiger partial charge in [0.15, 0.2) is 0 Å². The third-order valence-corrected chi connectivity index (χ3v) is 6.13. The first kappa shape index (κ1) is 19.4. The number of fused-ring (bicyclic) bond motifs is 2. The zero-order valence-electron chi connectivity index (χ0n) is 16.7. The fourth-order valence-corrected chi connectivity index (χ4v) is 4.49. The number of carbonyl (C=O) groups excluding carboxylic acids is 2. The molecule has 6 nitrogen and oxygen atoms in total. The van der Waals surface area contributed by atoms with Crippen LogP contribution in [0.15, 0.2) is 60.9 Å². The molecule has 156 valence electrons. The summed E-state index contributed by atoms with van der Waals surface area (Å²) in [5.74, 6) is -0.761. The zero-order valence-corrected chi connectivity index (χ0v) is 16.7. The molecule has 2 aliphatic rings. The highest BCUT2D eigenvalue weighted by Gasteiger charge is 2.48. The van der Waals surface area contributed by atoms with Gasteiger partial charge in [0, 0.05) is 29.4 Å². The summed E-state index contributed by atoms with van der Waals surface area (Å²) < 4.78 is 19.1. The highest BCUT2D eigenvalue weighted by Crippen LogP contribution is 2.48. The highest BCUT2D eigenvalue weighted by atomic mass is 19.1. The van der Waals surface area contributed by atoms with Gasteiger partial charge in [-0.15, -0.1) is 0 Å². The molecule has 1 amide bonds. The van der Waals surface area contributed by atoms with Gasteiger partial charge in [0.2, 0.25) is 11.9 Å². The van der Waals surface area contributed by atoms with E-state index >= 15 is 0 Å². The smallest absolute Gasteiger partial charge is 0.339 e. The van der Waals surface area contributed by atoms with Gasteiger partial charge in [-0.3, -0.25) is 10.1 Å². The predicted molar refractivity (Wildman–Crippen MR) is 112 cm³/mol. The van der Waals surface area contributed by atoms with Crippen molar-refractivity contribution in [1.29, 1.82) is 0 Å². The second kappa shape index (κ2) is 7.58. The van der Waals surface area contributed by atoms with Crippen molar-refractivity contribution in [1.82, 2.24) is 9.97 Å². The number of nitrogens with one attached hydrogen (secondary N) is 1. The average Bonchev–Trinajstić information content (AvgIpc) is 3.06. The molecule has 1 aliphatic carbocycles. The Labute approximate surface area is 178 Å². The van der Waals surface area contributed by atoms with E-state index in [0.717, 1.165) is 5.56 Å². The first-order valence-corrected chi connectivity index (χ1v) is 10.3. The van der Waals surface area contributed by atoms with Gasteiger partial charge in [0.05, 0.1) is 5.56 Å². The van der Waals surface area contributed by atoms with Crippen molar-refractivity contribution in [2.45, 2.75) is 31.3 Å². The molecule has 1 N–H and O–H groups in total. The van der Waals surface area contributed by atoms with Crippen LogP contribution in [-0.4, -0.2) is 21.8 Å². The largest absolute Gasteiger partial charge is 0.451 e. The molecule has 1 aliphatic heterocycles. The fraction of sp³-hybridized carbons (Fsp3) is 0.250. The number of carbonyl (C=O) groups is 2. The summed E-state index contributed by atoms with van der Waals surface area (Å²) >= 11 is 0. The minimum absolute atomic E-state index is 0.147. The van der Waals surface area contributed by atoms with Gasteiger partial charge in [-0.1, -0.05) is 30.3 Å². The molecule has 1 saturated carbocycles. The summed E-state index contributed by atoms with van der Waals surface area (Å²) in [6.07, 6.45) is 5.54. The lowest BCUT2D eigenvalue weighted by atomic mass is 9.75. The topological polar surface area (TPSA) is 81.2 Å². The van der Waals surface area contributed by atoms with Crippen molar-refractivity contribution in [2.75, 3.05) is 5.32 Å². The van der Waals surface area contributed by atoms with E-state index in [1.54, 1.807) is 30.6 Å². The van der Waals surface area contributed by atoms with Crippen molar-refractivity contribution in [2.24, 2.45) is 5.92 Å². The Morgan fingerprint density at radius 1 is 1.03 bits per heavy atom. The van der Waals surface area contributed by atoms with Crippen LogP contribution in [0.4, 0.5) is 10.3 Å². The van der Waals surface area contributed by atoms with Crippen LogP contribution in [-0.2, 0) is 15.1 Å². The number of hydrogen-bond acceptors (Lipinski definition) is 5. The number of amides is 1. The summed E-state index contributed by atoms with van der Waals surface area (Å²) in [5.41, 5.74) is 2.26. The molecule has 2 heterocycles. The van der Waals surface area contributed by atoms with Crippen LogP contribution in [0.5, 0.6) is 0 Å². The Bertz CT molecular complexity index is 1150. The molecule has 3 aromatic rings. The van der Waals surface area contributed by atoms with Crippen LogP contribution in [0.1, 0.15) is 41.6 Å². The molecule has 1 fully saturated rings. The molecular weight excluding hydrogens is 397 g/mol. The van der Waals surface area contributed by atoms with Gasteiger partial charge < -0.3 is 4.74 Å². The number of benzene rings is 2. The predicted octanol–water partition coefficient (Wildman–Crippen LogP) is 4.48. The van der Waals surface area contributed by atoms with E-state index in [-0.39, 0.29) is 29.6 Å². The van der Waals surface area contributed by atoms with E-state index in [9.17, 15) is 14.0 Å². The Morgan fingerprint density at radius 3 is 2.52 bits per heavy atom. The molecule has 0 bridgehead atoms. The number of ether oxygens (including phenoxy) is 1. The number of nitrogens with zero attached hydrogens (tertiary/aromatic N) is 2. The monoisotopic (exact) mass is 417 g/mol. The lowest BCUT2D eigenvalue weighted by Gasteiger charge is -2.35. The van der Waals surface area contributed by atoms with Crippen molar-refractivity contribution < 1.29 is 18.7 Å². The molecule has 0 unspecified atom stereocenters. The number of aromatic nitrogens is 2. The van der Waals surface area contributed by atoms with Crippen LogP contribution in [0.2, 0.25) is 0 Å². The maximum absolute atomic E-state index is 13.4. The van der Waals surface area contributed by atoms with E-state index in [1.807, 2.05) is 18.2 Å². The molecule has 0 saturated heterocycles. The van der Waals surface area contributed by atoms with Crippen molar-refractivity contribution in [3.05, 3.63) is 77.9 Å². The molecule has 7 heteroatoms. The van der Waals surface area contributed by atoms with Gasteiger partial charge in [-0.05, 0) is 49.4 Å². The molecule has 5 rings (SSSR count). The van der Waals surface area contributed by atoms with E-state index < -0.39 is 5.60 Å². The number of hydrogen-bond donors (Lipinski definition) is 1. The lowest BCUT2D eigenvalue weighted by Crippen LogP contribution is -2.36. The second-order valence-electron chi connectivity index (χ2n) is 8.00. The summed E-state index contributed by atoms with van der Waals surface area (Å²) in [6.45, 7) is 0. The Morgan fingerprint density at radius 2 is 1.77 bits per heavy atom. The summed E-state index contributed by atoms with van der Waals surface area (Å²) in [7, 11) is 0. The van der Waals surface area contributed by atoms with Crippen molar-refractivity contribution in [3.8, 4) is 11.1 Å². The molecule has 1 spiro atoms. The second-order valence-corrected chi connectivity index (χ2v) is 8.00. The molecule has 0 radical (unpaired) electrons. The van der Waals surface area contributed by atoms with E-state index in [1.165, 1.54) is 12.1 Å². The Kier molecular flexibility index (Phi) is 4.73. The van der Waals surface area contributed by atoms with E-state index in [2.05, 4.69) is 15.3 Å². The maximum Gasteiger partial charge on any atom is 0.339 e. The quantitative estimate of drug-likeness (QED) is 0.636. The third kappa shape index (κ3) is 3.56. The minimum Gasteiger partial charge on any atom is -0.451 e. The van der Waals surface area contributed by atoms with Crippen LogP contribution >= 0.6 is 0 Å². The molecule has 2 aromatic carbocycles. The standard InChI is InChI=1S/C24H20FN3O3/c25-18-5-3-4-16(12-18)17-13-26-23(27-14-17)28-21(29)15-8-10-24(11-9-15)20-7-2-1-6-19(20)22(30)31-24/h1-7,12-15H,8-11H2,(H,26,27,28,29). The number of rotatable bonds is 3. The molecule has 1 aromatic heterocycles. The number of anilines is 1. The Hall–Kier alpha value is -3.61. The molecular formula is C24H20FN3O3. The first-order valence-electron chi connectivity index (χ1n) is 10.3. The molecule has 31 heavy (non-hydrogen) atoms. The number of halogens is 1. The summed E-state index contributed by atoms with van der Waals surface area (Å²) in [6, 6.07) is 13.6. The van der Waals surface area contributed by atoms with Crippen molar-refractivity contribution in [3.63, 3.8) is 0 Å². The van der Waals surface area contributed by atoms with Crippen LogP contribution in [0.25, 0.3) is 11.1 Å². The van der Waals surface area contributed by atoms with Crippen molar-refractivity contribution >= 4 is 17.8 Å². The maximum atomic E-state index is 13.4. The number of esters is 1. The SMILES string of the molecule is O=C1OC2(CCC(C(=O)Nc3ncc(-c4cccc(F)c4)cn3)CC2)c2ccccc21. The van der Waals surface area contributed by atoms with Crippen LogP contribution in [0, 0.1) is 11.7 Å². The van der Waals surface area contributed by atoms with E-state index in [4.69, 9.17) is 4.74 Å². The van der Waals surface area contributed by atoms with Crippen LogP contribution in [0.3, 0.4) is 0 Å². The van der Waals surface area contributed by atoms with Gasteiger partial charge in [-0.25, -0.2) is 19.2 Å². The third-order valence-electron chi connectivity index (χ3n) is 6.13. The fourth-order valence-electron chi connectivity index (χ4n) is 4.49. The Balaban J connectivity index is 1.23. The van der Waals surface area contributed by atoms with Gasteiger partial charge in [0.1, 0.15) is 11.4 Å². The molecule has 0 atom stereocenters. The summed E-state index contributed by atoms with van der Waals surface area (Å²) in [4.78, 5) is 33.3. The first-order chi connectivity index (χ1) is 15.0. The summed E-state index contributed by atoms with van der Waals surface area (Å²) in [5, 5.41) is 2.77. The lowest BCUT2D eigenvalue weighted by molar-refractivity contribution is -0.122. The highest BCUT2D eigenvalue weighted by molar-refractivity contribution is 5.95. The van der Waals surface area contributed by atoms with Crippen LogP contribution < -0.4 is 5.32 Å². The minimum atomic E-state index is -0.617. The average molecular weight is 417 g/mol.